The standard InChI is InChI=1S/C15H18BrN5O6/c1-2-6(22)26-3-5-9(23)10(24)15(27-5)21-4-19-12(17)8-7(13(18)25)11(16)20-14(8)21/h4-5,9-10,15,17,20,23-24H,2-3H2,1H3,(H2,18,25)/t5-,9-,10+,15-/m0/s1. The van der Waals surface area contributed by atoms with Crippen molar-refractivity contribution in [1.82, 2.24) is 14.5 Å². The third-order valence-corrected chi connectivity index (χ3v) is 4.89. The molecule has 146 valence electrons. The Labute approximate surface area is 160 Å². The number of nitrogens with one attached hydrogen (secondary N) is 2. The van der Waals surface area contributed by atoms with Crippen LogP contribution in [0.25, 0.3) is 11.0 Å². The van der Waals surface area contributed by atoms with Crippen LogP contribution in [0.1, 0.15) is 29.9 Å². The van der Waals surface area contributed by atoms with Gasteiger partial charge in [0.2, 0.25) is 0 Å². The first kappa shape index (κ1) is 19.5. The van der Waals surface area contributed by atoms with Gasteiger partial charge in [-0.25, -0.2) is 4.98 Å². The molecule has 0 aromatic carbocycles. The molecule has 11 nitrogen and oxygen atoms in total. The fourth-order valence-corrected chi connectivity index (χ4v) is 3.50. The lowest BCUT2D eigenvalue weighted by molar-refractivity contribution is -0.149. The minimum absolute atomic E-state index is 0.0401. The number of carbonyl (C=O) groups is 2. The summed E-state index contributed by atoms with van der Waals surface area (Å²) in [5.74, 6) is -1.23. The Hall–Kier alpha value is -2.28. The Morgan fingerprint density at radius 3 is 2.81 bits per heavy atom. The van der Waals surface area contributed by atoms with E-state index < -0.39 is 36.4 Å². The summed E-state index contributed by atoms with van der Waals surface area (Å²) in [7, 11) is 0. The Bertz CT molecular complexity index is 956. The van der Waals surface area contributed by atoms with Gasteiger partial charge in [0.05, 0.1) is 15.6 Å². The first-order valence-corrected chi connectivity index (χ1v) is 8.85. The number of nitrogens with zero attached hydrogens (tertiary/aromatic N) is 2. The smallest absolute Gasteiger partial charge is 0.305 e. The van der Waals surface area contributed by atoms with Crippen molar-refractivity contribution in [3.05, 3.63) is 22.0 Å². The molecule has 2 aromatic rings. The molecule has 0 aliphatic carbocycles. The number of fused-ring (bicyclic) bond motifs is 1. The van der Waals surface area contributed by atoms with Crippen LogP contribution in [0, 0.1) is 5.41 Å². The van der Waals surface area contributed by atoms with E-state index in [-0.39, 0.29) is 39.7 Å². The van der Waals surface area contributed by atoms with Crippen molar-refractivity contribution in [1.29, 1.82) is 5.41 Å². The highest BCUT2D eigenvalue weighted by atomic mass is 79.9. The van der Waals surface area contributed by atoms with Gasteiger partial charge in [0, 0.05) is 6.42 Å². The lowest BCUT2D eigenvalue weighted by atomic mass is 10.1. The van der Waals surface area contributed by atoms with Gasteiger partial charge in [0.15, 0.2) is 11.7 Å². The van der Waals surface area contributed by atoms with Crippen molar-refractivity contribution in [2.24, 2.45) is 5.73 Å². The van der Waals surface area contributed by atoms with Crippen LogP contribution < -0.4 is 11.2 Å². The van der Waals surface area contributed by atoms with E-state index in [1.165, 1.54) is 10.9 Å². The number of rotatable bonds is 5. The maximum absolute atomic E-state index is 11.7. The second kappa shape index (κ2) is 7.38. The molecule has 0 spiro atoms. The first-order chi connectivity index (χ1) is 12.8. The van der Waals surface area contributed by atoms with Crippen LogP contribution in [0.15, 0.2) is 10.9 Å². The maximum atomic E-state index is 11.7. The number of nitrogens with two attached hydrogens (primary N) is 1. The number of hydrogen-bond donors (Lipinski definition) is 5. The van der Waals surface area contributed by atoms with E-state index in [0.29, 0.717) is 0 Å². The van der Waals surface area contributed by atoms with Crippen LogP contribution in [-0.4, -0.2) is 61.5 Å². The zero-order chi connectivity index (χ0) is 19.9. The average molecular weight is 444 g/mol. The van der Waals surface area contributed by atoms with Gasteiger partial charge in [-0.2, -0.15) is 0 Å². The number of amides is 1. The normalized spacial score (nSPS) is 25.0. The molecular weight excluding hydrogens is 426 g/mol. The highest BCUT2D eigenvalue weighted by Crippen LogP contribution is 2.32. The third kappa shape index (κ3) is 3.36. The SMILES string of the molecule is CCC(=O)OC[C@@H]1O[C@H](n2cnc(=N)c3c(C(N)=O)c(Br)[nH]c32)[C@H](O)[C@H]1O. The van der Waals surface area contributed by atoms with Crippen LogP contribution in [-0.2, 0) is 14.3 Å². The Balaban J connectivity index is 1.99. The molecule has 4 atom stereocenters. The highest BCUT2D eigenvalue weighted by molar-refractivity contribution is 9.10. The van der Waals surface area contributed by atoms with Gasteiger partial charge in [-0.3, -0.25) is 19.6 Å². The quantitative estimate of drug-likeness (QED) is 0.378. The fraction of sp³-hybridized carbons (Fsp3) is 0.467. The number of ether oxygens (including phenoxy) is 2. The molecule has 3 heterocycles. The molecule has 12 heteroatoms. The largest absolute Gasteiger partial charge is 0.463 e. The van der Waals surface area contributed by atoms with Gasteiger partial charge in [0.25, 0.3) is 5.91 Å². The molecule has 3 rings (SSSR count). The molecule has 0 unspecified atom stereocenters. The zero-order valence-corrected chi connectivity index (χ0v) is 15.8. The van der Waals surface area contributed by atoms with Crippen LogP contribution >= 0.6 is 15.9 Å². The number of aliphatic hydroxyl groups excluding tert-OH is 2. The Morgan fingerprint density at radius 1 is 1.48 bits per heavy atom. The van der Waals surface area contributed by atoms with Crippen molar-refractivity contribution in [2.45, 2.75) is 37.9 Å². The number of carbonyl (C=O) groups excluding carboxylic acids is 2. The van der Waals surface area contributed by atoms with Crippen LogP contribution in [0.2, 0.25) is 0 Å². The Kier molecular flexibility index (Phi) is 5.33. The van der Waals surface area contributed by atoms with Crippen molar-refractivity contribution < 1.29 is 29.3 Å². The van der Waals surface area contributed by atoms with Crippen molar-refractivity contribution in [3.63, 3.8) is 0 Å². The summed E-state index contributed by atoms with van der Waals surface area (Å²) in [4.78, 5) is 29.8. The summed E-state index contributed by atoms with van der Waals surface area (Å²) in [6.07, 6.45) is -3.31. The van der Waals surface area contributed by atoms with Crippen LogP contribution in [0.3, 0.4) is 0 Å². The predicted octanol–water partition coefficient (Wildman–Crippen LogP) is -0.722. The number of aromatic nitrogens is 3. The second-order valence-electron chi connectivity index (χ2n) is 5.99. The van der Waals surface area contributed by atoms with Crippen LogP contribution in [0.4, 0.5) is 0 Å². The number of halogens is 1. The van der Waals surface area contributed by atoms with Crippen molar-refractivity contribution in [2.75, 3.05) is 6.61 Å². The molecule has 1 aliphatic rings. The summed E-state index contributed by atoms with van der Waals surface area (Å²) in [5.41, 5.74) is 5.46. The summed E-state index contributed by atoms with van der Waals surface area (Å²) >= 11 is 3.18. The zero-order valence-electron chi connectivity index (χ0n) is 14.2. The van der Waals surface area contributed by atoms with Gasteiger partial charge < -0.3 is 30.4 Å². The second-order valence-corrected chi connectivity index (χ2v) is 6.78. The number of aliphatic hydroxyl groups is 2. The fourth-order valence-electron chi connectivity index (χ4n) is 2.92. The van der Waals surface area contributed by atoms with Gasteiger partial charge >= 0.3 is 5.97 Å². The van der Waals surface area contributed by atoms with Crippen LogP contribution in [0.5, 0.6) is 0 Å². The Morgan fingerprint density at radius 2 is 2.19 bits per heavy atom. The highest BCUT2D eigenvalue weighted by Gasteiger charge is 2.44. The summed E-state index contributed by atoms with van der Waals surface area (Å²) in [6, 6.07) is 0. The van der Waals surface area contributed by atoms with E-state index in [1.54, 1.807) is 6.92 Å². The van der Waals surface area contributed by atoms with E-state index in [1.807, 2.05) is 0 Å². The van der Waals surface area contributed by atoms with Gasteiger partial charge in [-0.1, -0.05) is 6.92 Å². The van der Waals surface area contributed by atoms with E-state index in [4.69, 9.17) is 20.6 Å². The van der Waals surface area contributed by atoms with Gasteiger partial charge in [0.1, 0.15) is 36.9 Å². The number of primary amides is 1. The first-order valence-electron chi connectivity index (χ1n) is 8.06. The van der Waals surface area contributed by atoms with E-state index in [9.17, 15) is 19.8 Å². The van der Waals surface area contributed by atoms with E-state index in [0.717, 1.165) is 0 Å². The molecule has 6 N–H and O–H groups in total. The summed E-state index contributed by atoms with van der Waals surface area (Å²) in [5, 5.41) is 28.7. The van der Waals surface area contributed by atoms with Gasteiger partial charge in [-0.15, -0.1) is 0 Å². The topological polar surface area (TPSA) is 177 Å². The lowest BCUT2D eigenvalue weighted by Gasteiger charge is -2.19. The number of aromatic amines is 1. The molecule has 2 aromatic heterocycles. The maximum Gasteiger partial charge on any atom is 0.305 e. The molecule has 0 saturated carbocycles. The molecule has 1 amide bonds. The predicted molar refractivity (Wildman–Crippen MR) is 93.3 cm³/mol. The summed E-state index contributed by atoms with van der Waals surface area (Å²) < 4.78 is 12.2. The number of hydrogen-bond acceptors (Lipinski definition) is 8. The van der Waals surface area contributed by atoms with Crippen molar-refractivity contribution >= 4 is 38.8 Å². The average Bonchev–Trinajstić information content (AvgIpc) is 3.12. The number of esters is 1. The minimum atomic E-state index is -1.36. The van der Waals surface area contributed by atoms with E-state index >= 15 is 0 Å². The van der Waals surface area contributed by atoms with Gasteiger partial charge in [-0.05, 0) is 15.9 Å². The molecule has 1 saturated heterocycles. The molecule has 27 heavy (non-hydrogen) atoms. The third-order valence-electron chi connectivity index (χ3n) is 4.30. The molecule has 1 aliphatic heterocycles. The monoisotopic (exact) mass is 443 g/mol. The molecular formula is C15H18BrN5O6. The summed E-state index contributed by atoms with van der Waals surface area (Å²) in [6.45, 7) is 1.40. The lowest BCUT2D eigenvalue weighted by Crippen LogP contribution is -2.34. The molecule has 0 bridgehead atoms. The molecule has 1 fully saturated rings. The van der Waals surface area contributed by atoms with E-state index in [2.05, 4.69) is 25.9 Å². The molecule has 0 radical (unpaired) electrons. The van der Waals surface area contributed by atoms with Crippen molar-refractivity contribution in [3.8, 4) is 0 Å². The minimum Gasteiger partial charge on any atom is -0.463 e. The number of H-pyrrole nitrogens is 1.